The second kappa shape index (κ2) is 10.7. The average Bonchev–Trinajstić information content (AvgIpc) is 3.43. The number of hydrogen-bond acceptors (Lipinski definition) is 10. The zero-order chi connectivity index (χ0) is 33.3. The molecule has 46 heavy (non-hydrogen) atoms. The van der Waals surface area contributed by atoms with Gasteiger partial charge in [-0.25, -0.2) is 0 Å². The number of phenols is 1. The molecule has 3 aromatic rings. The molecule has 0 aliphatic heterocycles. The lowest BCUT2D eigenvalue weighted by molar-refractivity contribution is -0.175. The summed E-state index contributed by atoms with van der Waals surface area (Å²) in [5.41, 5.74) is 1.01. The van der Waals surface area contributed by atoms with Crippen molar-refractivity contribution in [2.24, 2.45) is 16.6 Å². The van der Waals surface area contributed by atoms with E-state index in [1.807, 2.05) is 36.4 Å². The fourth-order valence-electron chi connectivity index (χ4n) is 8.10. The van der Waals surface area contributed by atoms with Crippen molar-refractivity contribution in [3.8, 4) is 17.1 Å². The summed E-state index contributed by atoms with van der Waals surface area (Å²) in [7, 11) is 3.14. The number of nitrogens with two attached hydrogens (primary N) is 1. The molecule has 1 saturated carbocycles. The highest BCUT2D eigenvalue weighted by molar-refractivity contribution is 6.25. The van der Waals surface area contributed by atoms with Gasteiger partial charge in [-0.3, -0.25) is 19.3 Å². The van der Waals surface area contributed by atoms with E-state index in [2.05, 4.69) is 5.32 Å². The van der Waals surface area contributed by atoms with Crippen LogP contribution >= 0.6 is 0 Å². The average molecular weight is 628 g/mol. The molecule has 11 nitrogen and oxygen atoms in total. The minimum Gasteiger partial charge on any atom is -0.508 e. The number of hydrogen-bond donors (Lipinski definition) is 6. The van der Waals surface area contributed by atoms with Gasteiger partial charge in [0.15, 0.2) is 11.4 Å². The van der Waals surface area contributed by atoms with Gasteiger partial charge in [0.25, 0.3) is 5.91 Å². The van der Waals surface area contributed by atoms with Crippen LogP contribution in [0.1, 0.15) is 42.7 Å². The van der Waals surface area contributed by atoms with Crippen LogP contribution in [0, 0.1) is 10.8 Å². The van der Waals surface area contributed by atoms with Gasteiger partial charge < -0.3 is 35.9 Å². The third-order valence-electron chi connectivity index (χ3n) is 9.91. The minimum atomic E-state index is -2.77. The Balaban J connectivity index is 1.45. The van der Waals surface area contributed by atoms with Crippen LogP contribution in [0.2, 0.25) is 0 Å². The molecule has 7 N–H and O–H groups in total. The monoisotopic (exact) mass is 627 g/mol. The lowest BCUT2D eigenvalue weighted by atomic mass is 9.46. The maximum atomic E-state index is 14.4. The van der Waals surface area contributed by atoms with Crippen LogP contribution in [-0.4, -0.2) is 68.5 Å². The fraction of sp³-hybridized carbons (Fsp3) is 0.343. The molecule has 1 fully saturated rings. The predicted molar refractivity (Wildman–Crippen MR) is 168 cm³/mol. The topological polar surface area (TPSA) is 187 Å². The number of likely N-dealkylation sites (N-methyl/N-ethyl adjacent to an activating group) is 1. The summed E-state index contributed by atoms with van der Waals surface area (Å²) in [6.07, 6.45) is 0.0559. The Morgan fingerprint density at radius 2 is 1.72 bits per heavy atom. The number of furan rings is 1. The maximum Gasteiger partial charge on any atom is 0.255 e. The molecular weight excluding hydrogens is 590 g/mol. The van der Waals surface area contributed by atoms with E-state index >= 15 is 0 Å². The van der Waals surface area contributed by atoms with Crippen molar-refractivity contribution in [2.45, 2.75) is 51.4 Å². The number of benzene rings is 2. The molecule has 1 heterocycles. The van der Waals surface area contributed by atoms with Gasteiger partial charge in [0.1, 0.15) is 34.4 Å². The first kappa shape index (κ1) is 31.3. The summed E-state index contributed by atoms with van der Waals surface area (Å²) < 4.78 is 6.19. The van der Waals surface area contributed by atoms with Gasteiger partial charge in [0, 0.05) is 28.5 Å². The molecule has 0 unspecified atom stereocenters. The standard InChI is InChI=1S/C35H37N3O8/c1-33-14-21-20(23-13-10-19(46-23)16-37-15-18-8-6-5-7-9-18)11-12-22(39)24(21)27(40)26(33)31(43)35(45)30(42)25(32(36)44)28(41)29(38(3)4)34(35,2)17-33/h5-13,29,37,39-40,42,45H,14-17H2,1-4H3,(H2,36,44)/t29-,33+,34+,35-/m1/s1. The van der Waals surface area contributed by atoms with Crippen molar-refractivity contribution in [2.75, 3.05) is 14.1 Å². The Kier molecular flexibility index (Phi) is 7.27. The van der Waals surface area contributed by atoms with Crippen molar-refractivity contribution in [1.29, 1.82) is 0 Å². The quantitative estimate of drug-likeness (QED) is 0.212. The van der Waals surface area contributed by atoms with E-state index in [0.717, 1.165) is 5.56 Å². The van der Waals surface area contributed by atoms with Crippen molar-refractivity contribution in [1.82, 2.24) is 10.2 Å². The highest BCUT2D eigenvalue weighted by Crippen LogP contribution is 2.63. The number of rotatable bonds is 7. The van der Waals surface area contributed by atoms with Crippen LogP contribution in [0.3, 0.4) is 0 Å². The lowest BCUT2D eigenvalue weighted by Gasteiger charge is -2.59. The molecule has 240 valence electrons. The van der Waals surface area contributed by atoms with Gasteiger partial charge >= 0.3 is 0 Å². The number of carbonyl (C=O) groups is 3. The first-order chi connectivity index (χ1) is 21.7. The minimum absolute atomic E-state index is 0.000296. The normalized spacial score (nSPS) is 27.5. The van der Waals surface area contributed by atoms with Crippen molar-refractivity contribution in [3.63, 3.8) is 0 Å². The highest BCUT2D eigenvalue weighted by atomic mass is 16.4. The van der Waals surface area contributed by atoms with Gasteiger partial charge in [-0.15, -0.1) is 0 Å². The molecule has 1 amide bonds. The summed E-state index contributed by atoms with van der Waals surface area (Å²) in [5, 5.41) is 49.4. The fourth-order valence-corrected chi connectivity index (χ4v) is 8.10. The Morgan fingerprint density at radius 3 is 2.37 bits per heavy atom. The number of aliphatic hydroxyl groups excluding tert-OH is 2. The van der Waals surface area contributed by atoms with Crippen LogP contribution in [0.4, 0.5) is 0 Å². The number of carbonyl (C=O) groups excluding carboxylic acids is 3. The van der Waals surface area contributed by atoms with E-state index in [1.54, 1.807) is 33.2 Å². The third-order valence-corrected chi connectivity index (χ3v) is 9.91. The van der Waals surface area contributed by atoms with E-state index in [1.165, 1.54) is 17.9 Å². The summed E-state index contributed by atoms with van der Waals surface area (Å²) in [5.74, 6) is -4.00. The number of fused-ring (bicyclic) bond motifs is 3. The summed E-state index contributed by atoms with van der Waals surface area (Å²) in [6.45, 7) is 4.35. The van der Waals surface area contributed by atoms with E-state index in [0.29, 0.717) is 35.7 Å². The third kappa shape index (κ3) is 4.33. The molecule has 2 aromatic carbocycles. The second-order valence-corrected chi connectivity index (χ2v) is 13.3. The highest BCUT2D eigenvalue weighted by Gasteiger charge is 2.72. The second-order valence-electron chi connectivity index (χ2n) is 13.3. The molecule has 3 aliphatic rings. The Hall–Kier alpha value is -4.71. The summed E-state index contributed by atoms with van der Waals surface area (Å²) in [6, 6.07) is 15.4. The van der Waals surface area contributed by atoms with Gasteiger partial charge in [0.2, 0.25) is 5.78 Å². The molecule has 3 aliphatic carbocycles. The number of ketones is 2. The Morgan fingerprint density at radius 1 is 1.02 bits per heavy atom. The smallest absolute Gasteiger partial charge is 0.255 e. The van der Waals surface area contributed by atoms with Crippen LogP contribution in [-0.2, 0) is 33.9 Å². The first-order valence-electron chi connectivity index (χ1n) is 15.0. The summed E-state index contributed by atoms with van der Waals surface area (Å²) in [4.78, 5) is 41.8. The SMILES string of the molecule is CN(C)[C@@H]1C(=O)C(C(N)=O)=C(O)[C@@]2(O)C(=O)C3=C(O)c4c(O)ccc(-c5ccc(CNCc6ccccc6)o5)c4C[C@@]3(C)C[C@@]12C. The van der Waals surface area contributed by atoms with E-state index < -0.39 is 57.0 Å². The first-order valence-corrected chi connectivity index (χ1v) is 15.0. The van der Waals surface area contributed by atoms with Gasteiger partial charge in [-0.1, -0.05) is 44.2 Å². The molecule has 4 atom stereocenters. The van der Waals surface area contributed by atoms with E-state index in [-0.39, 0.29) is 29.7 Å². The van der Waals surface area contributed by atoms with Crippen LogP contribution < -0.4 is 11.1 Å². The number of nitrogens with zero attached hydrogens (tertiary/aromatic N) is 1. The number of nitrogens with one attached hydrogen (secondary N) is 1. The van der Waals surface area contributed by atoms with Crippen molar-refractivity contribution >= 4 is 23.2 Å². The summed E-state index contributed by atoms with van der Waals surface area (Å²) >= 11 is 0. The van der Waals surface area contributed by atoms with E-state index in [4.69, 9.17) is 10.2 Å². The zero-order valence-corrected chi connectivity index (χ0v) is 26.0. The van der Waals surface area contributed by atoms with Crippen LogP contribution in [0.15, 0.2) is 75.9 Å². The Bertz CT molecular complexity index is 1860. The Labute approximate surface area is 265 Å². The molecule has 1 aromatic heterocycles. The molecule has 6 rings (SSSR count). The number of aliphatic hydroxyl groups is 3. The van der Waals surface area contributed by atoms with Gasteiger partial charge in [0.05, 0.1) is 18.2 Å². The largest absolute Gasteiger partial charge is 0.508 e. The van der Waals surface area contributed by atoms with Crippen molar-refractivity contribution in [3.05, 3.63) is 94.0 Å². The van der Waals surface area contributed by atoms with E-state index in [9.17, 15) is 34.8 Å². The van der Waals surface area contributed by atoms with Gasteiger partial charge in [-0.05, 0) is 62.3 Å². The number of phenolic OH excluding ortho intramolecular Hbond substituents is 1. The van der Waals surface area contributed by atoms with Crippen LogP contribution in [0.25, 0.3) is 17.1 Å². The predicted octanol–water partition coefficient (Wildman–Crippen LogP) is 3.29. The van der Waals surface area contributed by atoms with Crippen molar-refractivity contribution < 1.29 is 39.2 Å². The van der Waals surface area contributed by atoms with Crippen LogP contribution in [0.5, 0.6) is 5.75 Å². The molecule has 0 saturated heterocycles. The molecule has 0 radical (unpaired) electrons. The molecule has 11 heteroatoms. The number of amides is 1. The molecule has 0 spiro atoms. The van der Waals surface area contributed by atoms with Gasteiger partial charge in [-0.2, -0.15) is 0 Å². The molecular formula is C35H37N3O8. The maximum absolute atomic E-state index is 14.4. The zero-order valence-electron chi connectivity index (χ0n) is 26.0. The number of Topliss-reactive ketones (excluding diaryl/α,β-unsaturated/α-hetero) is 2. The number of aromatic hydroxyl groups is 1. The lowest BCUT2D eigenvalue weighted by Crippen LogP contribution is -2.72. The number of primary amides is 1. The molecule has 0 bridgehead atoms.